The van der Waals surface area contributed by atoms with Gasteiger partial charge in [-0.1, -0.05) is 0 Å². The Morgan fingerprint density at radius 3 is 2.59 bits per heavy atom. The monoisotopic (exact) mass is 449 g/mol. The molecule has 3 N–H and O–H groups in total. The Bertz CT molecular complexity index is 1160. The number of aromatic nitrogens is 1. The number of ether oxygens (including phenoxy) is 1. The van der Waals surface area contributed by atoms with Crippen molar-refractivity contribution in [2.24, 2.45) is 0 Å². The maximum atomic E-state index is 14.4. The number of hydrogen-bond acceptors (Lipinski definition) is 3. The standard InChI is InChI=1S/C22H19F4N3O3/c23-12-9-15-14(5-6-18(30)28-17-7-8-27-21(17)31)19(29-20(15)16(24)10-12)11-1-3-13(4-2-11)32-22(25)26/h1-4,9-10,17,22,29H,5-8H2,(H,27,31)(H,28,30). The number of nitrogens with one attached hydrogen (secondary N) is 3. The number of amides is 2. The molecule has 2 aromatic carbocycles. The van der Waals surface area contributed by atoms with E-state index in [0.29, 0.717) is 29.8 Å². The van der Waals surface area contributed by atoms with Crippen LogP contribution in [0.1, 0.15) is 18.4 Å². The van der Waals surface area contributed by atoms with Gasteiger partial charge in [0.2, 0.25) is 11.8 Å². The van der Waals surface area contributed by atoms with Gasteiger partial charge in [0.05, 0.1) is 5.52 Å². The number of fused-ring (bicyclic) bond motifs is 1. The molecule has 1 saturated heterocycles. The summed E-state index contributed by atoms with van der Waals surface area (Å²) in [4.78, 5) is 26.9. The van der Waals surface area contributed by atoms with E-state index in [-0.39, 0.29) is 41.3 Å². The van der Waals surface area contributed by atoms with Gasteiger partial charge in [0, 0.05) is 30.1 Å². The summed E-state index contributed by atoms with van der Waals surface area (Å²) in [7, 11) is 0. The van der Waals surface area contributed by atoms with E-state index in [2.05, 4.69) is 20.4 Å². The lowest BCUT2D eigenvalue weighted by Crippen LogP contribution is -2.40. The van der Waals surface area contributed by atoms with Gasteiger partial charge in [-0.15, -0.1) is 0 Å². The first-order chi connectivity index (χ1) is 15.3. The van der Waals surface area contributed by atoms with Crippen LogP contribution in [0.2, 0.25) is 0 Å². The average Bonchev–Trinajstić information content (AvgIpc) is 3.30. The predicted octanol–water partition coefficient (Wildman–Crippen LogP) is 3.65. The van der Waals surface area contributed by atoms with E-state index in [1.165, 1.54) is 30.3 Å². The van der Waals surface area contributed by atoms with E-state index in [1.807, 2.05) is 0 Å². The lowest BCUT2D eigenvalue weighted by atomic mass is 10.0. The maximum Gasteiger partial charge on any atom is 0.387 e. The van der Waals surface area contributed by atoms with E-state index in [1.54, 1.807) is 0 Å². The lowest BCUT2D eigenvalue weighted by Gasteiger charge is -2.11. The number of carbonyl (C=O) groups is 2. The van der Waals surface area contributed by atoms with Gasteiger partial charge in [0.15, 0.2) is 0 Å². The summed E-state index contributed by atoms with van der Waals surface area (Å²) in [6.07, 6.45) is 0.606. The van der Waals surface area contributed by atoms with Gasteiger partial charge < -0.3 is 20.4 Å². The second kappa shape index (κ2) is 8.89. The molecule has 6 nitrogen and oxygen atoms in total. The third-order valence-corrected chi connectivity index (χ3v) is 5.29. The number of rotatable bonds is 7. The van der Waals surface area contributed by atoms with Crippen molar-refractivity contribution in [3.63, 3.8) is 0 Å². The van der Waals surface area contributed by atoms with Crippen molar-refractivity contribution >= 4 is 22.7 Å². The molecule has 2 heterocycles. The third kappa shape index (κ3) is 4.53. The summed E-state index contributed by atoms with van der Waals surface area (Å²) >= 11 is 0. The van der Waals surface area contributed by atoms with Crippen molar-refractivity contribution in [3.8, 4) is 17.0 Å². The molecule has 3 aromatic rings. The molecule has 0 radical (unpaired) electrons. The Hall–Kier alpha value is -3.56. The van der Waals surface area contributed by atoms with Gasteiger partial charge in [0.1, 0.15) is 23.4 Å². The fourth-order valence-corrected chi connectivity index (χ4v) is 3.82. The molecule has 0 aliphatic carbocycles. The summed E-state index contributed by atoms with van der Waals surface area (Å²) < 4.78 is 57.4. The van der Waals surface area contributed by atoms with Crippen LogP contribution in [0.3, 0.4) is 0 Å². The summed E-state index contributed by atoms with van der Waals surface area (Å²) in [6, 6.07) is 6.99. The summed E-state index contributed by atoms with van der Waals surface area (Å²) in [6.45, 7) is -2.48. The van der Waals surface area contributed by atoms with Crippen LogP contribution in [0, 0.1) is 11.6 Å². The second-order valence-electron chi connectivity index (χ2n) is 7.39. The van der Waals surface area contributed by atoms with Crippen LogP contribution in [0.25, 0.3) is 22.2 Å². The van der Waals surface area contributed by atoms with Gasteiger partial charge in [-0.25, -0.2) is 8.78 Å². The Balaban J connectivity index is 1.63. The molecule has 0 saturated carbocycles. The van der Waals surface area contributed by atoms with E-state index in [0.717, 1.165) is 6.07 Å². The Kier molecular flexibility index (Phi) is 6.02. The van der Waals surface area contributed by atoms with Crippen molar-refractivity contribution in [1.29, 1.82) is 0 Å². The smallest absolute Gasteiger partial charge is 0.387 e. The van der Waals surface area contributed by atoms with Crippen molar-refractivity contribution in [3.05, 3.63) is 53.6 Å². The maximum absolute atomic E-state index is 14.4. The van der Waals surface area contributed by atoms with Gasteiger partial charge in [0.25, 0.3) is 0 Å². The molecule has 0 bridgehead atoms. The fourth-order valence-electron chi connectivity index (χ4n) is 3.82. The molecule has 1 atom stereocenters. The molecule has 2 amide bonds. The van der Waals surface area contributed by atoms with Crippen LogP contribution in [-0.4, -0.2) is 36.0 Å². The van der Waals surface area contributed by atoms with Crippen LogP contribution >= 0.6 is 0 Å². The zero-order valence-corrected chi connectivity index (χ0v) is 16.7. The molecule has 10 heteroatoms. The van der Waals surface area contributed by atoms with E-state index in [9.17, 15) is 27.2 Å². The highest BCUT2D eigenvalue weighted by Crippen LogP contribution is 2.34. The molecule has 4 rings (SSSR count). The van der Waals surface area contributed by atoms with Gasteiger partial charge >= 0.3 is 6.61 Å². The van der Waals surface area contributed by atoms with Crippen molar-refractivity contribution < 1.29 is 31.9 Å². The summed E-state index contributed by atoms with van der Waals surface area (Å²) in [5.74, 6) is -2.23. The quantitative estimate of drug-likeness (QED) is 0.482. The van der Waals surface area contributed by atoms with Crippen molar-refractivity contribution in [2.45, 2.75) is 31.9 Å². The SMILES string of the molecule is O=C(CCc1c(-c2ccc(OC(F)F)cc2)[nH]c2c(F)cc(F)cc12)NC1CCNC1=O. The van der Waals surface area contributed by atoms with Crippen molar-refractivity contribution in [1.82, 2.24) is 15.6 Å². The van der Waals surface area contributed by atoms with E-state index < -0.39 is 24.3 Å². The van der Waals surface area contributed by atoms with Gasteiger partial charge in [-0.3, -0.25) is 9.59 Å². The van der Waals surface area contributed by atoms with E-state index >= 15 is 0 Å². The molecule has 1 fully saturated rings. The zero-order valence-electron chi connectivity index (χ0n) is 16.7. The molecular weight excluding hydrogens is 430 g/mol. The number of aromatic amines is 1. The Morgan fingerprint density at radius 2 is 1.94 bits per heavy atom. The van der Waals surface area contributed by atoms with Crippen molar-refractivity contribution in [2.75, 3.05) is 6.54 Å². The average molecular weight is 449 g/mol. The first-order valence-electron chi connectivity index (χ1n) is 9.93. The number of aryl methyl sites for hydroxylation is 1. The number of H-pyrrole nitrogens is 1. The highest BCUT2D eigenvalue weighted by Gasteiger charge is 2.26. The van der Waals surface area contributed by atoms with Crippen LogP contribution in [0.4, 0.5) is 17.6 Å². The topological polar surface area (TPSA) is 83.2 Å². The molecular formula is C22H19F4N3O3. The van der Waals surface area contributed by atoms with Crippen LogP contribution in [-0.2, 0) is 16.0 Å². The van der Waals surface area contributed by atoms with Crippen LogP contribution < -0.4 is 15.4 Å². The zero-order chi connectivity index (χ0) is 22.8. The molecule has 1 unspecified atom stereocenters. The number of carbonyl (C=O) groups excluding carboxylic acids is 2. The summed E-state index contributed by atoms with van der Waals surface area (Å²) in [5, 5.41) is 5.55. The Morgan fingerprint density at radius 1 is 1.19 bits per heavy atom. The molecule has 1 aromatic heterocycles. The van der Waals surface area contributed by atoms with E-state index in [4.69, 9.17) is 0 Å². The number of halogens is 4. The predicted molar refractivity (Wildman–Crippen MR) is 108 cm³/mol. The largest absolute Gasteiger partial charge is 0.435 e. The third-order valence-electron chi connectivity index (χ3n) is 5.29. The van der Waals surface area contributed by atoms with Gasteiger partial charge in [-0.05, 0) is 54.3 Å². The molecule has 1 aliphatic heterocycles. The normalized spacial score (nSPS) is 15.9. The number of hydrogen-bond donors (Lipinski definition) is 3. The lowest BCUT2D eigenvalue weighted by molar-refractivity contribution is -0.127. The van der Waals surface area contributed by atoms with Crippen LogP contribution in [0.15, 0.2) is 36.4 Å². The fraction of sp³-hybridized carbons (Fsp3) is 0.273. The van der Waals surface area contributed by atoms with Crippen LogP contribution in [0.5, 0.6) is 5.75 Å². The second-order valence-corrected chi connectivity index (χ2v) is 7.39. The molecule has 0 spiro atoms. The van der Waals surface area contributed by atoms with Gasteiger partial charge in [-0.2, -0.15) is 8.78 Å². The first-order valence-corrected chi connectivity index (χ1v) is 9.93. The number of alkyl halides is 2. The highest BCUT2D eigenvalue weighted by molar-refractivity contribution is 5.93. The minimum absolute atomic E-state index is 0.0194. The minimum atomic E-state index is -2.97. The molecule has 168 valence electrons. The molecule has 1 aliphatic rings. The number of benzene rings is 2. The summed E-state index contributed by atoms with van der Waals surface area (Å²) in [5.41, 5.74) is 1.51. The molecule has 32 heavy (non-hydrogen) atoms. The highest BCUT2D eigenvalue weighted by atomic mass is 19.3. The first kappa shape index (κ1) is 21.7. The Labute approximate surface area is 179 Å². The minimum Gasteiger partial charge on any atom is -0.435 e.